The summed E-state index contributed by atoms with van der Waals surface area (Å²) in [4.78, 5) is 12.9. The first-order chi connectivity index (χ1) is 7.54. The summed E-state index contributed by atoms with van der Waals surface area (Å²) in [5, 5.41) is 0. The minimum absolute atomic E-state index is 0.0792. The van der Waals surface area contributed by atoms with E-state index in [1.807, 2.05) is 0 Å². The van der Waals surface area contributed by atoms with E-state index in [1.54, 1.807) is 45.5 Å². The third-order valence-electron chi connectivity index (χ3n) is 2.10. The second-order valence-electron chi connectivity index (χ2n) is 3.57. The van der Waals surface area contributed by atoms with Crippen LogP contribution in [0.1, 0.15) is 5.56 Å². The van der Waals surface area contributed by atoms with Crippen molar-refractivity contribution in [3.63, 3.8) is 0 Å². The van der Waals surface area contributed by atoms with E-state index in [0.29, 0.717) is 11.4 Å². The van der Waals surface area contributed by atoms with Gasteiger partial charge in [-0.2, -0.15) is 0 Å². The number of nitrogens with two attached hydrogens (primary N) is 1. The topological polar surface area (TPSA) is 55.6 Å². The van der Waals surface area contributed by atoms with Gasteiger partial charge >= 0.3 is 0 Å². The van der Waals surface area contributed by atoms with Crippen molar-refractivity contribution < 1.29 is 9.53 Å². The average Bonchev–Trinajstić information content (AvgIpc) is 2.25. The summed E-state index contributed by atoms with van der Waals surface area (Å²) >= 11 is 0. The molecule has 0 fully saturated rings. The molecule has 0 radical (unpaired) electrons. The SMILES string of the molecule is COc1ccc(N)cc1/C=C/C(=O)N(C)C. The van der Waals surface area contributed by atoms with Gasteiger partial charge in [-0.1, -0.05) is 0 Å². The lowest BCUT2D eigenvalue weighted by Gasteiger charge is -2.07. The number of benzene rings is 1. The maximum absolute atomic E-state index is 11.4. The number of amides is 1. The van der Waals surface area contributed by atoms with Crippen LogP contribution in [-0.4, -0.2) is 32.0 Å². The molecule has 0 aliphatic rings. The van der Waals surface area contributed by atoms with E-state index in [4.69, 9.17) is 10.5 Å². The average molecular weight is 220 g/mol. The Morgan fingerprint density at radius 2 is 2.12 bits per heavy atom. The van der Waals surface area contributed by atoms with Gasteiger partial charge in [0.05, 0.1) is 7.11 Å². The largest absolute Gasteiger partial charge is 0.496 e. The Hall–Kier alpha value is -1.97. The Bertz CT molecular complexity index is 411. The highest BCUT2D eigenvalue weighted by Gasteiger charge is 2.02. The van der Waals surface area contributed by atoms with Gasteiger partial charge in [-0.15, -0.1) is 0 Å². The molecule has 0 aromatic heterocycles. The summed E-state index contributed by atoms with van der Waals surface area (Å²) in [6.07, 6.45) is 3.18. The second kappa shape index (κ2) is 5.21. The molecular weight excluding hydrogens is 204 g/mol. The van der Waals surface area contributed by atoms with Gasteiger partial charge in [0.25, 0.3) is 0 Å². The van der Waals surface area contributed by atoms with Crippen molar-refractivity contribution in [3.8, 4) is 5.75 Å². The van der Waals surface area contributed by atoms with Crippen molar-refractivity contribution in [2.45, 2.75) is 0 Å². The molecule has 0 atom stereocenters. The number of ether oxygens (including phenoxy) is 1. The molecule has 1 aromatic carbocycles. The van der Waals surface area contributed by atoms with Crippen molar-refractivity contribution in [2.75, 3.05) is 26.9 Å². The standard InChI is InChI=1S/C12H16N2O2/c1-14(2)12(15)7-4-9-8-10(13)5-6-11(9)16-3/h4-8H,13H2,1-3H3/b7-4+. The van der Waals surface area contributed by atoms with Gasteiger partial charge in [-0.3, -0.25) is 4.79 Å². The fourth-order valence-electron chi connectivity index (χ4n) is 1.19. The van der Waals surface area contributed by atoms with Crippen molar-refractivity contribution >= 4 is 17.7 Å². The van der Waals surface area contributed by atoms with Gasteiger partial charge in [-0.05, 0) is 24.3 Å². The van der Waals surface area contributed by atoms with E-state index in [-0.39, 0.29) is 5.91 Å². The van der Waals surface area contributed by atoms with Crippen LogP contribution in [0.15, 0.2) is 24.3 Å². The first-order valence-corrected chi connectivity index (χ1v) is 4.87. The van der Waals surface area contributed by atoms with Crippen LogP contribution >= 0.6 is 0 Å². The fraction of sp³-hybridized carbons (Fsp3) is 0.250. The normalized spacial score (nSPS) is 10.4. The highest BCUT2D eigenvalue weighted by atomic mass is 16.5. The number of hydrogen-bond donors (Lipinski definition) is 1. The molecule has 16 heavy (non-hydrogen) atoms. The molecular formula is C12H16N2O2. The fourth-order valence-corrected chi connectivity index (χ4v) is 1.19. The van der Waals surface area contributed by atoms with Crippen LogP contribution in [0.5, 0.6) is 5.75 Å². The van der Waals surface area contributed by atoms with Gasteiger partial charge in [0.15, 0.2) is 0 Å². The number of methoxy groups -OCH3 is 1. The lowest BCUT2D eigenvalue weighted by molar-refractivity contribution is -0.123. The van der Waals surface area contributed by atoms with Crippen LogP contribution in [0.4, 0.5) is 5.69 Å². The molecule has 0 spiro atoms. The molecule has 2 N–H and O–H groups in total. The lowest BCUT2D eigenvalue weighted by atomic mass is 10.1. The van der Waals surface area contributed by atoms with Crippen LogP contribution in [-0.2, 0) is 4.79 Å². The van der Waals surface area contributed by atoms with Crippen LogP contribution < -0.4 is 10.5 Å². The number of carbonyl (C=O) groups is 1. The number of rotatable bonds is 3. The first kappa shape index (κ1) is 12.1. The van der Waals surface area contributed by atoms with Crippen molar-refractivity contribution in [1.82, 2.24) is 4.90 Å². The zero-order chi connectivity index (χ0) is 12.1. The number of nitrogens with zero attached hydrogens (tertiary/aromatic N) is 1. The Kier molecular flexibility index (Phi) is 3.94. The van der Waals surface area contributed by atoms with Crippen LogP contribution in [0.2, 0.25) is 0 Å². The molecule has 1 aromatic rings. The zero-order valence-electron chi connectivity index (χ0n) is 9.73. The zero-order valence-corrected chi connectivity index (χ0v) is 9.73. The molecule has 0 unspecified atom stereocenters. The predicted octanol–water partition coefficient (Wildman–Crippen LogP) is 1.38. The van der Waals surface area contributed by atoms with E-state index < -0.39 is 0 Å². The number of likely N-dealkylation sites (N-methyl/N-ethyl adjacent to an activating group) is 1. The molecule has 0 saturated carbocycles. The quantitative estimate of drug-likeness (QED) is 0.618. The van der Waals surface area contributed by atoms with Crippen LogP contribution in [0, 0.1) is 0 Å². The van der Waals surface area contributed by atoms with E-state index in [9.17, 15) is 4.79 Å². The highest BCUT2D eigenvalue weighted by Crippen LogP contribution is 2.22. The van der Waals surface area contributed by atoms with E-state index in [2.05, 4.69) is 0 Å². The van der Waals surface area contributed by atoms with Crippen LogP contribution in [0.25, 0.3) is 6.08 Å². The van der Waals surface area contributed by atoms with Gasteiger partial charge in [0.2, 0.25) is 5.91 Å². The smallest absolute Gasteiger partial charge is 0.246 e. The third kappa shape index (κ3) is 3.02. The molecule has 4 heteroatoms. The molecule has 0 saturated heterocycles. The summed E-state index contributed by atoms with van der Waals surface area (Å²) in [6.45, 7) is 0. The Balaban J connectivity index is 2.95. The molecule has 1 amide bonds. The number of nitrogen functional groups attached to an aromatic ring is 1. The van der Waals surface area contributed by atoms with Gasteiger partial charge < -0.3 is 15.4 Å². The Labute approximate surface area is 95.3 Å². The molecule has 86 valence electrons. The number of anilines is 1. The molecule has 0 aliphatic carbocycles. The Morgan fingerprint density at radius 1 is 1.44 bits per heavy atom. The minimum atomic E-state index is -0.0792. The summed E-state index contributed by atoms with van der Waals surface area (Å²) < 4.78 is 5.16. The molecule has 4 nitrogen and oxygen atoms in total. The predicted molar refractivity (Wildman–Crippen MR) is 65.1 cm³/mol. The number of carbonyl (C=O) groups excluding carboxylic acids is 1. The molecule has 0 bridgehead atoms. The summed E-state index contributed by atoms with van der Waals surface area (Å²) in [6, 6.07) is 5.29. The van der Waals surface area contributed by atoms with Crippen molar-refractivity contribution in [1.29, 1.82) is 0 Å². The lowest BCUT2D eigenvalue weighted by Crippen LogP contribution is -2.18. The maximum atomic E-state index is 11.4. The van der Waals surface area contributed by atoms with Gasteiger partial charge in [0.1, 0.15) is 5.75 Å². The van der Waals surface area contributed by atoms with Gasteiger partial charge in [-0.25, -0.2) is 0 Å². The molecule has 1 rings (SSSR count). The van der Waals surface area contributed by atoms with Crippen molar-refractivity contribution in [3.05, 3.63) is 29.8 Å². The van der Waals surface area contributed by atoms with E-state index in [0.717, 1.165) is 5.56 Å². The van der Waals surface area contributed by atoms with Gasteiger partial charge in [0, 0.05) is 31.4 Å². The van der Waals surface area contributed by atoms with E-state index in [1.165, 1.54) is 11.0 Å². The molecule has 0 aliphatic heterocycles. The first-order valence-electron chi connectivity index (χ1n) is 4.87. The second-order valence-corrected chi connectivity index (χ2v) is 3.57. The number of hydrogen-bond acceptors (Lipinski definition) is 3. The summed E-state index contributed by atoms with van der Waals surface area (Å²) in [5.74, 6) is 0.612. The highest BCUT2D eigenvalue weighted by molar-refractivity contribution is 5.91. The molecule has 0 heterocycles. The summed E-state index contributed by atoms with van der Waals surface area (Å²) in [5.41, 5.74) is 7.09. The van der Waals surface area contributed by atoms with Crippen LogP contribution in [0.3, 0.4) is 0 Å². The third-order valence-corrected chi connectivity index (χ3v) is 2.10. The van der Waals surface area contributed by atoms with E-state index >= 15 is 0 Å². The summed E-state index contributed by atoms with van der Waals surface area (Å²) in [7, 11) is 4.98. The maximum Gasteiger partial charge on any atom is 0.246 e. The Morgan fingerprint density at radius 3 is 2.69 bits per heavy atom. The minimum Gasteiger partial charge on any atom is -0.496 e. The monoisotopic (exact) mass is 220 g/mol. The van der Waals surface area contributed by atoms with Crippen molar-refractivity contribution in [2.24, 2.45) is 0 Å².